The van der Waals surface area contributed by atoms with Gasteiger partial charge in [-0.1, -0.05) is 41.4 Å². The van der Waals surface area contributed by atoms with Gasteiger partial charge in [-0.3, -0.25) is 4.79 Å². The van der Waals surface area contributed by atoms with Gasteiger partial charge in [0.25, 0.3) is 5.91 Å². The van der Waals surface area contributed by atoms with Crippen molar-refractivity contribution in [1.29, 1.82) is 0 Å². The summed E-state index contributed by atoms with van der Waals surface area (Å²) in [5.41, 5.74) is 9.16. The molecule has 0 aliphatic heterocycles. The van der Waals surface area contributed by atoms with Gasteiger partial charge in [0.05, 0.1) is 5.56 Å². The molecule has 0 unspecified atom stereocenters. The highest BCUT2D eigenvalue weighted by atomic mass is 79.9. The zero-order chi connectivity index (χ0) is 14.7. The lowest BCUT2D eigenvalue weighted by atomic mass is 10.1. The van der Waals surface area contributed by atoms with Gasteiger partial charge < -0.3 is 10.3 Å². The van der Waals surface area contributed by atoms with Crippen molar-refractivity contribution < 1.29 is 4.79 Å². The monoisotopic (exact) mass is 334 g/mol. The predicted octanol–water partition coefficient (Wildman–Crippen LogP) is 4.13. The van der Waals surface area contributed by atoms with E-state index in [1.165, 1.54) is 0 Å². The molecule has 0 spiro atoms. The molecule has 0 fully saturated rings. The van der Waals surface area contributed by atoms with Gasteiger partial charge in [0.1, 0.15) is 0 Å². The summed E-state index contributed by atoms with van der Waals surface area (Å²) in [5.74, 6) is -0.367. The molecule has 4 heteroatoms. The first kappa shape index (κ1) is 14.9. The van der Waals surface area contributed by atoms with E-state index in [-0.39, 0.29) is 5.91 Å². The second-order valence-electron chi connectivity index (χ2n) is 4.91. The van der Waals surface area contributed by atoms with E-state index in [0.717, 1.165) is 40.8 Å². The van der Waals surface area contributed by atoms with Gasteiger partial charge in [0, 0.05) is 22.4 Å². The minimum Gasteiger partial charge on any atom is -0.366 e. The van der Waals surface area contributed by atoms with Crippen molar-refractivity contribution in [2.45, 2.75) is 33.2 Å². The van der Waals surface area contributed by atoms with Gasteiger partial charge in [-0.25, -0.2) is 0 Å². The number of hydrogen-bond donors (Lipinski definition) is 1. The molecule has 1 heterocycles. The molecule has 106 valence electrons. The molecule has 2 rings (SSSR count). The van der Waals surface area contributed by atoms with Crippen LogP contribution in [0.4, 0.5) is 0 Å². The average Bonchev–Trinajstić information content (AvgIpc) is 2.74. The average molecular weight is 335 g/mol. The number of halogens is 1. The number of amides is 1. The van der Waals surface area contributed by atoms with Gasteiger partial charge >= 0.3 is 0 Å². The van der Waals surface area contributed by atoms with Crippen molar-refractivity contribution >= 4 is 21.8 Å². The number of carbonyl (C=O) groups excluding carboxylic acids is 1. The minimum atomic E-state index is -0.367. The fourth-order valence-electron chi connectivity index (χ4n) is 2.39. The van der Waals surface area contributed by atoms with Crippen molar-refractivity contribution in [1.82, 2.24) is 4.57 Å². The SMILES string of the molecule is CCCCn1c(-c2cccc(Br)c2)cc(C(N)=O)c1C. The molecule has 20 heavy (non-hydrogen) atoms. The van der Waals surface area contributed by atoms with E-state index in [1.54, 1.807) is 0 Å². The van der Waals surface area contributed by atoms with E-state index in [1.807, 2.05) is 31.2 Å². The van der Waals surface area contributed by atoms with Crippen LogP contribution in [0.5, 0.6) is 0 Å². The third-order valence-corrected chi connectivity index (χ3v) is 3.98. The van der Waals surface area contributed by atoms with Crippen LogP contribution < -0.4 is 5.73 Å². The number of hydrogen-bond acceptors (Lipinski definition) is 1. The first-order valence-electron chi connectivity index (χ1n) is 6.80. The van der Waals surface area contributed by atoms with E-state index >= 15 is 0 Å². The molecule has 1 aromatic carbocycles. The normalized spacial score (nSPS) is 10.8. The van der Waals surface area contributed by atoms with Crippen LogP contribution in [-0.4, -0.2) is 10.5 Å². The largest absolute Gasteiger partial charge is 0.366 e. The Bertz CT molecular complexity index is 631. The van der Waals surface area contributed by atoms with Crippen LogP contribution >= 0.6 is 15.9 Å². The van der Waals surface area contributed by atoms with Crippen molar-refractivity contribution in [3.8, 4) is 11.3 Å². The van der Waals surface area contributed by atoms with Crippen LogP contribution in [0.15, 0.2) is 34.8 Å². The van der Waals surface area contributed by atoms with Crippen LogP contribution in [0, 0.1) is 6.92 Å². The summed E-state index contributed by atoms with van der Waals surface area (Å²) < 4.78 is 3.21. The van der Waals surface area contributed by atoms with Crippen molar-refractivity contribution in [2.75, 3.05) is 0 Å². The molecule has 3 nitrogen and oxygen atoms in total. The number of nitrogens with two attached hydrogens (primary N) is 1. The Morgan fingerprint density at radius 3 is 2.70 bits per heavy atom. The Hall–Kier alpha value is -1.55. The lowest BCUT2D eigenvalue weighted by molar-refractivity contribution is 0.0999. The number of primary amides is 1. The molecule has 0 bridgehead atoms. The molecule has 0 atom stereocenters. The molecule has 0 saturated carbocycles. The number of rotatable bonds is 5. The first-order valence-corrected chi connectivity index (χ1v) is 7.59. The molecule has 0 aliphatic carbocycles. The Morgan fingerprint density at radius 1 is 1.35 bits per heavy atom. The molecule has 0 radical (unpaired) electrons. The van der Waals surface area contributed by atoms with Gasteiger partial charge in [-0.15, -0.1) is 0 Å². The summed E-state index contributed by atoms with van der Waals surface area (Å²) in [5, 5.41) is 0. The maximum atomic E-state index is 11.6. The zero-order valence-electron chi connectivity index (χ0n) is 11.8. The summed E-state index contributed by atoms with van der Waals surface area (Å²) in [6, 6.07) is 9.99. The van der Waals surface area contributed by atoms with Crippen LogP contribution in [0.25, 0.3) is 11.3 Å². The van der Waals surface area contributed by atoms with Crippen molar-refractivity contribution in [3.63, 3.8) is 0 Å². The number of benzene rings is 1. The van der Waals surface area contributed by atoms with Crippen molar-refractivity contribution in [3.05, 3.63) is 46.1 Å². The smallest absolute Gasteiger partial charge is 0.250 e. The number of unbranched alkanes of at least 4 members (excludes halogenated alkanes) is 1. The van der Waals surface area contributed by atoms with Crippen LogP contribution in [0.1, 0.15) is 35.8 Å². The summed E-state index contributed by atoms with van der Waals surface area (Å²) in [6.45, 7) is 5.02. The van der Waals surface area contributed by atoms with E-state index in [9.17, 15) is 4.79 Å². The summed E-state index contributed by atoms with van der Waals surface area (Å²) in [6.07, 6.45) is 2.19. The van der Waals surface area contributed by atoms with Crippen LogP contribution in [0.2, 0.25) is 0 Å². The van der Waals surface area contributed by atoms with Gasteiger partial charge in [0.2, 0.25) is 0 Å². The van der Waals surface area contributed by atoms with E-state index < -0.39 is 0 Å². The molecule has 2 aromatic rings. The van der Waals surface area contributed by atoms with Gasteiger partial charge in [-0.2, -0.15) is 0 Å². The van der Waals surface area contributed by atoms with Gasteiger partial charge in [-0.05, 0) is 37.1 Å². The lowest BCUT2D eigenvalue weighted by Crippen LogP contribution is -2.12. The quantitative estimate of drug-likeness (QED) is 0.878. The molecular weight excluding hydrogens is 316 g/mol. The molecule has 1 amide bonds. The molecule has 0 saturated heterocycles. The Kier molecular flexibility index (Phi) is 4.65. The van der Waals surface area contributed by atoms with E-state index in [2.05, 4.69) is 33.5 Å². The van der Waals surface area contributed by atoms with Crippen molar-refractivity contribution in [2.24, 2.45) is 5.73 Å². The third kappa shape index (κ3) is 2.96. The van der Waals surface area contributed by atoms with Crippen LogP contribution in [-0.2, 0) is 6.54 Å². The highest BCUT2D eigenvalue weighted by molar-refractivity contribution is 9.10. The fourth-order valence-corrected chi connectivity index (χ4v) is 2.79. The maximum absolute atomic E-state index is 11.6. The molecular formula is C16H19BrN2O. The molecule has 1 aromatic heterocycles. The van der Waals surface area contributed by atoms with Crippen LogP contribution in [0.3, 0.4) is 0 Å². The minimum absolute atomic E-state index is 0.367. The Morgan fingerprint density at radius 2 is 2.10 bits per heavy atom. The Balaban J connectivity index is 2.55. The number of carbonyl (C=O) groups is 1. The highest BCUT2D eigenvalue weighted by Crippen LogP contribution is 2.28. The second-order valence-corrected chi connectivity index (χ2v) is 5.82. The first-order chi connectivity index (χ1) is 9.54. The summed E-state index contributed by atoms with van der Waals surface area (Å²) >= 11 is 3.49. The Labute approximate surface area is 127 Å². The second kappa shape index (κ2) is 6.27. The number of aromatic nitrogens is 1. The summed E-state index contributed by atoms with van der Waals surface area (Å²) in [7, 11) is 0. The summed E-state index contributed by atoms with van der Waals surface area (Å²) in [4.78, 5) is 11.6. The fraction of sp³-hybridized carbons (Fsp3) is 0.312. The topological polar surface area (TPSA) is 48.0 Å². The third-order valence-electron chi connectivity index (χ3n) is 3.49. The molecule has 0 aliphatic rings. The van der Waals surface area contributed by atoms with Gasteiger partial charge in [0.15, 0.2) is 0 Å². The predicted molar refractivity (Wildman–Crippen MR) is 85.7 cm³/mol. The lowest BCUT2D eigenvalue weighted by Gasteiger charge is -2.11. The highest BCUT2D eigenvalue weighted by Gasteiger charge is 2.16. The maximum Gasteiger partial charge on any atom is 0.250 e. The standard InChI is InChI=1S/C16H19BrN2O/c1-3-4-8-19-11(2)14(16(18)20)10-15(19)12-6-5-7-13(17)9-12/h5-7,9-10H,3-4,8H2,1-2H3,(H2,18,20). The van der Waals surface area contributed by atoms with E-state index in [4.69, 9.17) is 5.73 Å². The van der Waals surface area contributed by atoms with E-state index in [0.29, 0.717) is 5.56 Å². The number of nitrogens with zero attached hydrogens (tertiary/aromatic N) is 1. The zero-order valence-corrected chi connectivity index (χ0v) is 13.4. The molecule has 2 N–H and O–H groups in total.